The number of ether oxygens (including phenoxy) is 3. The van der Waals surface area contributed by atoms with Crippen molar-refractivity contribution in [1.29, 1.82) is 0 Å². The van der Waals surface area contributed by atoms with Crippen LogP contribution in [0.3, 0.4) is 0 Å². The lowest BCUT2D eigenvalue weighted by Gasteiger charge is -2.13. The van der Waals surface area contributed by atoms with Crippen molar-refractivity contribution in [3.05, 3.63) is 95.3 Å². The first-order valence-electron chi connectivity index (χ1n) is 10.6. The van der Waals surface area contributed by atoms with Gasteiger partial charge < -0.3 is 19.3 Å². The molecule has 0 saturated carbocycles. The van der Waals surface area contributed by atoms with E-state index in [9.17, 15) is 14.3 Å². The normalized spacial score (nSPS) is 11.7. The molecule has 0 fully saturated rings. The van der Waals surface area contributed by atoms with Gasteiger partial charge >= 0.3 is 5.97 Å². The molecule has 1 unspecified atom stereocenters. The third kappa shape index (κ3) is 7.39. The first-order chi connectivity index (χ1) is 15.5. The van der Waals surface area contributed by atoms with Gasteiger partial charge in [-0.3, -0.25) is 0 Å². The highest BCUT2D eigenvalue weighted by Crippen LogP contribution is 2.17. The minimum Gasteiger partial charge on any atom is -0.493 e. The van der Waals surface area contributed by atoms with Gasteiger partial charge in [-0.25, -0.2) is 9.18 Å². The molecule has 32 heavy (non-hydrogen) atoms. The predicted octanol–water partition coefficient (Wildman–Crippen LogP) is 5.06. The maximum absolute atomic E-state index is 13.2. The van der Waals surface area contributed by atoms with E-state index >= 15 is 0 Å². The summed E-state index contributed by atoms with van der Waals surface area (Å²) in [6, 6.07) is 21.5. The van der Waals surface area contributed by atoms with Crippen molar-refractivity contribution >= 4 is 5.97 Å². The number of carboxylic acid groups (broad SMARTS) is 1. The first kappa shape index (κ1) is 23.3. The van der Waals surface area contributed by atoms with Crippen molar-refractivity contribution in [2.75, 3.05) is 13.2 Å². The second-order valence-corrected chi connectivity index (χ2v) is 7.29. The van der Waals surface area contributed by atoms with Crippen molar-refractivity contribution in [1.82, 2.24) is 0 Å². The van der Waals surface area contributed by atoms with E-state index in [1.807, 2.05) is 54.6 Å². The molecule has 0 aliphatic carbocycles. The summed E-state index contributed by atoms with van der Waals surface area (Å²) in [6.45, 7) is 2.96. The molecule has 6 heteroatoms. The van der Waals surface area contributed by atoms with Gasteiger partial charge in [0.1, 0.15) is 23.9 Å². The zero-order chi connectivity index (χ0) is 22.8. The Kier molecular flexibility index (Phi) is 8.63. The summed E-state index contributed by atoms with van der Waals surface area (Å²) in [5, 5.41) is 9.18. The Balaban J connectivity index is 1.42. The monoisotopic (exact) mass is 438 g/mol. The molecule has 0 amide bonds. The molecule has 5 nitrogen and oxygen atoms in total. The Morgan fingerprint density at radius 3 is 2.19 bits per heavy atom. The van der Waals surface area contributed by atoms with Gasteiger partial charge in [0.05, 0.1) is 6.61 Å². The summed E-state index contributed by atoms with van der Waals surface area (Å²) < 4.78 is 30.0. The van der Waals surface area contributed by atoms with Crippen molar-refractivity contribution in [2.24, 2.45) is 0 Å². The molecule has 0 spiro atoms. The van der Waals surface area contributed by atoms with Crippen LogP contribution in [0.2, 0.25) is 0 Å². The fourth-order valence-electron chi connectivity index (χ4n) is 3.19. The number of rotatable bonds is 12. The molecule has 0 aliphatic rings. The van der Waals surface area contributed by atoms with E-state index in [-0.39, 0.29) is 5.82 Å². The van der Waals surface area contributed by atoms with Crippen LogP contribution in [0, 0.1) is 5.82 Å². The highest BCUT2D eigenvalue weighted by Gasteiger charge is 2.17. The van der Waals surface area contributed by atoms with Gasteiger partial charge in [0.2, 0.25) is 0 Å². The van der Waals surface area contributed by atoms with E-state index < -0.39 is 12.1 Å². The maximum atomic E-state index is 13.2. The van der Waals surface area contributed by atoms with Gasteiger partial charge in [-0.2, -0.15) is 0 Å². The lowest BCUT2D eigenvalue weighted by Crippen LogP contribution is -2.26. The quantitative estimate of drug-likeness (QED) is 0.428. The summed E-state index contributed by atoms with van der Waals surface area (Å²) >= 11 is 0. The third-order valence-corrected chi connectivity index (χ3v) is 4.87. The van der Waals surface area contributed by atoms with Crippen LogP contribution < -0.4 is 9.47 Å². The summed E-state index contributed by atoms with van der Waals surface area (Å²) in [5.41, 5.74) is 2.78. The lowest BCUT2D eigenvalue weighted by atomic mass is 10.1. The minimum atomic E-state index is -0.961. The van der Waals surface area contributed by atoms with E-state index in [0.717, 1.165) is 34.6 Å². The van der Waals surface area contributed by atoms with Crippen LogP contribution in [-0.4, -0.2) is 30.4 Å². The van der Waals surface area contributed by atoms with Gasteiger partial charge in [0, 0.05) is 19.4 Å². The topological polar surface area (TPSA) is 65.0 Å². The van der Waals surface area contributed by atoms with E-state index in [2.05, 4.69) is 0 Å². The Labute approximate surface area is 187 Å². The SMILES string of the molecule is CCOC(Cc1ccc(OCCc2ccc(OCc3cccc(F)c3)cc2)cc1)C(=O)O. The van der Waals surface area contributed by atoms with E-state index in [4.69, 9.17) is 14.2 Å². The second kappa shape index (κ2) is 11.9. The molecule has 168 valence electrons. The number of carbonyl (C=O) groups is 1. The molecular weight excluding hydrogens is 411 g/mol. The third-order valence-electron chi connectivity index (χ3n) is 4.87. The summed E-state index contributed by atoms with van der Waals surface area (Å²) in [7, 11) is 0. The lowest BCUT2D eigenvalue weighted by molar-refractivity contribution is -0.149. The van der Waals surface area contributed by atoms with Crippen LogP contribution >= 0.6 is 0 Å². The standard InChI is InChI=1S/C26H27FO5/c1-2-30-25(26(28)29)17-20-8-12-23(13-9-20)31-15-14-19-6-10-24(11-7-19)32-18-21-4-3-5-22(27)16-21/h3-13,16,25H,2,14-15,17-18H2,1H3,(H,28,29). The average molecular weight is 438 g/mol. The summed E-state index contributed by atoms with van der Waals surface area (Å²) in [4.78, 5) is 11.2. The van der Waals surface area contributed by atoms with E-state index in [0.29, 0.717) is 26.2 Å². The molecule has 0 aromatic heterocycles. The Hall–Kier alpha value is -3.38. The molecule has 1 N–H and O–H groups in total. The van der Waals surface area contributed by atoms with Crippen molar-refractivity contribution in [3.63, 3.8) is 0 Å². The highest BCUT2D eigenvalue weighted by atomic mass is 19.1. The van der Waals surface area contributed by atoms with Crippen molar-refractivity contribution in [3.8, 4) is 11.5 Å². The Bertz CT molecular complexity index is 986. The molecule has 0 saturated heterocycles. The van der Waals surface area contributed by atoms with Crippen molar-refractivity contribution < 1.29 is 28.5 Å². The number of aliphatic carboxylic acids is 1. The van der Waals surface area contributed by atoms with Crippen LogP contribution in [-0.2, 0) is 29.0 Å². The predicted molar refractivity (Wildman–Crippen MR) is 120 cm³/mol. The maximum Gasteiger partial charge on any atom is 0.333 e. The minimum absolute atomic E-state index is 0.272. The fourth-order valence-corrected chi connectivity index (χ4v) is 3.19. The smallest absolute Gasteiger partial charge is 0.333 e. The van der Waals surface area contributed by atoms with Crippen LogP contribution in [0.4, 0.5) is 4.39 Å². The molecule has 0 bridgehead atoms. The number of hydrogen-bond acceptors (Lipinski definition) is 4. The first-order valence-corrected chi connectivity index (χ1v) is 10.6. The molecule has 1 atom stereocenters. The molecule has 3 rings (SSSR count). The highest BCUT2D eigenvalue weighted by molar-refractivity contribution is 5.72. The van der Waals surface area contributed by atoms with Gasteiger partial charge in [-0.15, -0.1) is 0 Å². The van der Waals surface area contributed by atoms with Gasteiger partial charge in [-0.05, 0) is 60.0 Å². The van der Waals surface area contributed by atoms with Gasteiger partial charge in [0.25, 0.3) is 0 Å². The van der Waals surface area contributed by atoms with Crippen LogP contribution in [0.25, 0.3) is 0 Å². The molecule has 3 aromatic carbocycles. The Morgan fingerprint density at radius 1 is 0.906 bits per heavy atom. The molecule has 0 aliphatic heterocycles. The molecular formula is C26H27FO5. The molecule has 0 heterocycles. The van der Waals surface area contributed by atoms with E-state index in [1.54, 1.807) is 13.0 Å². The van der Waals surface area contributed by atoms with Crippen LogP contribution in [0.15, 0.2) is 72.8 Å². The second-order valence-electron chi connectivity index (χ2n) is 7.29. The van der Waals surface area contributed by atoms with E-state index in [1.165, 1.54) is 12.1 Å². The number of carboxylic acids is 1. The molecule has 3 aromatic rings. The van der Waals surface area contributed by atoms with Gasteiger partial charge in [-0.1, -0.05) is 36.4 Å². The largest absolute Gasteiger partial charge is 0.493 e. The van der Waals surface area contributed by atoms with Crippen LogP contribution in [0.1, 0.15) is 23.6 Å². The van der Waals surface area contributed by atoms with Gasteiger partial charge in [0.15, 0.2) is 6.10 Å². The summed E-state index contributed by atoms with van der Waals surface area (Å²) in [6.07, 6.45) is 0.210. The average Bonchev–Trinajstić information content (AvgIpc) is 2.79. The number of benzene rings is 3. The number of halogens is 1. The fraction of sp³-hybridized carbons (Fsp3) is 0.269. The zero-order valence-electron chi connectivity index (χ0n) is 18.0. The molecule has 0 radical (unpaired) electrons. The Morgan fingerprint density at radius 2 is 1.56 bits per heavy atom. The summed E-state index contributed by atoms with van der Waals surface area (Å²) in [5.74, 6) is 0.219. The number of hydrogen-bond donors (Lipinski definition) is 1. The van der Waals surface area contributed by atoms with Crippen molar-refractivity contribution in [2.45, 2.75) is 32.5 Å². The van der Waals surface area contributed by atoms with Crippen LogP contribution in [0.5, 0.6) is 11.5 Å². The zero-order valence-corrected chi connectivity index (χ0v) is 18.0.